The van der Waals surface area contributed by atoms with E-state index >= 15 is 0 Å². The second kappa shape index (κ2) is 5.48. The molecule has 0 saturated heterocycles. The summed E-state index contributed by atoms with van der Waals surface area (Å²) in [5.41, 5.74) is 1.21. The Morgan fingerprint density at radius 1 is 1.32 bits per heavy atom. The molecule has 0 aliphatic heterocycles. The minimum absolute atomic E-state index is 0.318. The molecule has 0 radical (unpaired) electrons. The molecule has 0 fully saturated rings. The molecule has 0 spiro atoms. The molecule has 0 aliphatic rings. The molecule has 114 valence electrons. The van der Waals surface area contributed by atoms with Crippen molar-refractivity contribution < 1.29 is 9.53 Å². The van der Waals surface area contributed by atoms with Gasteiger partial charge < -0.3 is 4.74 Å². The first kappa shape index (κ1) is 15.2. The van der Waals surface area contributed by atoms with Crippen LogP contribution in [0.15, 0.2) is 34.5 Å². The average Bonchev–Trinajstić information content (AvgIpc) is 3.01. The van der Waals surface area contributed by atoms with Crippen molar-refractivity contribution in [3.05, 3.63) is 39.4 Å². The van der Waals surface area contributed by atoms with Crippen LogP contribution in [0.1, 0.15) is 30.4 Å². The zero-order valence-corrected chi connectivity index (χ0v) is 14.7. The van der Waals surface area contributed by atoms with Crippen molar-refractivity contribution >= 4 is 44.1 Å². The molecule has 3 aromatic rings. The molecule has 0 saturated carbocycles. The van der Waals surface area contributed by atoms with Crippen LogP contribution in [0.5, 0.6) is 0 Å². The van der Waals surface area contributed by atoms with E-state index in [-0.39, 0.29) is 5.97 Å². The topological polar surface area (TPSA) is 57.0 Å². The van der Waals surface area contributed by atoms with Crippen LogP contribution >= 0.6 is 27.3 Å². The summed E-state index contributed by atoms with van der Waals surface area (Å²) < 4.78 is 7.91. The third-order valence-corrected chi connectivity index (χ3v) is 4.18. The average molecular weight is 380 g/mol. The van der Waals surface area contributed by atoms with Crippen LogP contribution in [-0.4, -0.2) is 26.3 Å². The van der Waals surface area contributed by atoms with Crippen molar-refractivity contribution in [2.24, 2.45) is 0 Å². The Balaban J connectivity index is 1.94. The van der Waals surface area contributed by atoms with Gasteiger partial charge in [-0.3, -0.25) is 0 Å². The quantitative estimate of drug-likeness (QED) is 0.494. The van der Waals surface area contributed by atoms with E-state index in [1.54, 1.807) is 23.1 Å². The number of hydrogen-bond acceptors (Lipinski definition) is 5. The number of rotatable bonds is 2. The van der Waals surface area contributed by atoms with Gasteiger partial charge in [-0.2, -0.15) is 5.10 Å². The van der Waals surface area contributed by atoms with Gasteiger partial charge in [-0.05, 0) is 48.8 Å². The smallest absolute Gasteiger partial charge is 0.348 e. The maximum absolute atomic E-state index is 12.1. The monoisotopic (exact) mass is 379 g/mol. The van der Waals surface area contributed by atoms with Crippen LogP contribution in [0.4, 0.5) is 0 Å². The van der Waals surface area contributed by atoms with Gasteiger partial charge in [0.15, 0.2) is 0 Å². The second-order valence-corrected chi connectivity index (χ2v) is 7.52. The van der Waals surface area contributed by atoms with Gasteiger partial charge in [-0.15, -0.1) is 11.3 Å². The SMILES string of the molecule is CC(C)(C)OC(=O)c1cc(-n2ncc3cc(Br)ncc32)cs1. The summed E-state index contributed by atoms with van der Waals surface area (Å²) >= 11 is 4.68. The number of pyridine rings is 1. The van der Waals surface area contributed by atoms with Gasteiger partial charge >= 0.3 is 5.97 Å². The molecular weight excluding hydrogens is 366 g/mol. The highest BCUT2D eigenvalue weighted by atomic mass is 79.9. The number of hydrogen-bond donors (Lipinski definition) is 0. The lowest BCUT2D eigenvalue weighted by Crippen LogP contribution is -2.23. The summed E-state index contributed by atoms with van der Waals surface area (Å²) in [6, 6.07) is 3.69. The van der Waals surface area contributed by atoms with Crippen molar-refractivity contribution in [2.75, 3.05) is 0 Å². The van der Waals surface area contributed by atoms with Crippen molar-refractivity contribution in [1.82, 2.24) is 14.8 Å². The van der Waals surface area contributed by atoms with Crippen molar-refractivity contribution in [2.45, 2.75) is 26.4 Å². The summed E-state index contributed by atoms with van der Waals surface area (Å²) in [4.78, 5) is 16.9. The molecule has 0 unspecified atom stereocenters. The molecule has 22 heavy (non-hydrogen) atoms. The van der Waals surface area contributed by atoms with Crippen LogP contribution in [-0.2, 0) is 4.74 Å². The number of carbonyl (C=O) groups is 1. The van der Waals surface area contributed by atoms with Crippen molar-refractivity contribution in [3.63, 3.8) is 0 Å². The largest absolute Gasteiger partial charge is 0.456 e. The summed E-state index contributed by atoms with van der Waals surface area (Å²) in [6.07, 6.45) is 3.52. The highest BCUT2D eigenvalue weighted by Crippen LogP contribution is 2.25. The number of nitrogens with zero attached hydrogens (tertiary/aromatic N) is 3. The Kier molecular flexibility index (Phi) is 3.78. The van der Waals surface area contributed by atoms with Crippen LogP contribution in [0.25, 0.3) is 16.6 Å². The Morgan fingerprint density at radius 3 is 2.82 bits per heavy atom. The minimum Gasteiger partial charge on any atom is -0.456 e. The first-order chi connectivity index (χ1) is 10.3. The number of aromatic nitrogens is 3. The Morgan fingerprint density at radius 2 is 2.09 bits per heavy atom. The van der Waals surface area contributed by atoms with Crippen LogP contribution < -0.4 is 0 Å². The fourth-order valence-electron chi connectivity index (χ4n) is 1.98. The second-order valence-electron chi connectivity index (χ2n) is 5.79. The standard InChI is InChI=1S/C15H14BrN3O2S/c1-15(2,3)21-14(20)12-5-10(8-22-12)19-11-7-17-13(16)4-9(11)6-18-19/h4-8H,1-3H3. The van der Waals surface area contributed by atoms with E-state index in [0.717, 1.165) is 21.2 Å². The highest BCUT2D eigenvalue weighted by Gasteiger charge is 2.20. The molecule has 0 bridgehead atoms. The number of thiophene rings is 1. The Hall–Kier alpha value is -1.73. The van der Waals surface area contributed by atoms with E-state index < -0.39 is 5.60 Å². The zero-order chi connectivity index (χ0) is 15.9. The number of halogens is 1. The van der Waals surface area contributed by atoms with E-state index in [1.165, 1.54) is 11.3 Å². The molecule has 0 aromatic carbocycles. The van der Waals surface area contributed by atoms with Gasteiger partial charge in [-0.1, -0.05) is 0 Å². The van der Waals surface area contributed by atoms with Gasteiger partial charge in [0.05, 0.1) is 23.6 Å². The summed E-state index contributed by atoms with van der Waals surface area (Å²) in [5, 5.41) is 7.23. The molecule has 0 N–H and O–H groups in total. The molecule has 0 amide bonds. The summed E-state index contributed by atoms with van der Waals surface area (Å²) in [7, 11) is 0. The molecule has 3 aromatic heterocycles. The van der Waals surface area contributed by atoms with Gasteiger partial charge in [0.1, 0.15) is 15.1 Å². The molecule has 3 rings (SSSR count). The molecule has 0 aliphatic carbocycles. The maximum Gasteiger partial charge on any atom is 0.348 e. The lowest BCUT2D eigenvalue weighted by Gasteiger charge is -2.18. The van der Waals surface area contributed by atoms with Gasteiger partial charge in [0.2, 0.25) is 0 Å². The number of fused-ring (bicyclic) bond motifs is 1. The fraction of sp³-hybridized carbons (Fsp3) is 0.267. The number of ether oxygens (including phenoxy) is 1. The zero-order valence-electron chi connectivity index (χ0n) is 12.3. The number of carbonyl (C=O) groups excluding carboxylic acids is 1. The molecular formula is C15H14BrN3O2S. The third kappa shape index (κ3) is 3.05. The summed E-state index contributed by atoms with van der Waals surface area (Å²) in [5.74, 6) is -0.318. The van der Waals surface area contributed by atoms with E-state index in [4.69, 9.17) is 4.74 Å². The van der Waals surface area contributed by atoms with Crippen molar-refractivity contribution in [1.29, 1.82) is 0 Å². The molecule has 3 heterocycles. The Labute approximate surface area is 140 Å². The Bertz CT molecular complexity index is 848. The van der Waals surface area contributed by atoms with Gasteiger partial charge in [-0.25, -0.2) is 14.5 Å². The summed E-state index contributed by atoms with van der Waals surface area (Å²) in [6.45, 7) is 5.55. The van der Waals surface area contributed by atoms with E-state index in [2.05, 4.69) is 26.0 Å². The lowest BCUT2D eigenvalue weighted by molar-refractivity contribution is 0.00752. The predicted molar refractivity (Wildman–Crippen MR) is 89.6 cm³/mol. The molecule has 5 nitrogen and oxygen atoms in total. The van der Waals surface area contributed by atoms with E-state index in [0.29, 0.717) is 4.88 Å². The lowest BCUT2D eigenvalue weighted by atomic mass is 10.2. The normalized spacial score (nSPS) is 11.8. The van der Waals surface area contributed by atoms with Crippen LogP contribution in [0.3, 0.4) is 0 Å². The first-order valence-electron chi connectivity index (χ1n) is 6.65. The highest BCUT2D eigenvalue weighted by molar-refractivity contribution is 9.10. The van der Waals surface area contributed by atoms with E-state index in [1.807, 2.05) is 32.2 Å². The first-order valence-corrected chi connectivity index (χ1v) is 8.32. The van der Waals surface area contributed by atoms with Crippen LogP contribution in [0.2, 0.25) is 0 Å². The minimum atomic E-state index is -0.504. The number of esters is 1. The van der Waals surface area contributed by atoms with Gasteiger partial charge in [0.25, 0.3) is 0 Å². The van der Waals surface area contributed by atoms with Crippen molar-refractivity contribution in [3.8, 4) is 5.69 Å². The molecule has 7 heteroatoms. The molecule has 0 atom stereocenters. The predicted octanol–water partition coefficient (Wildman–Crippen LogP) is 4.20. The fourth-order valence-corrected chi connectivity index (χ4v) is 3.07. The van der Waals surface area contributed by atoms with Gasteiger partial charge in [0, 0.05) is 10.8 Å². The van der Waals surface area contributed by atoms with Crippen LogP contribution in [0, 0.1) is 0 Å². The third-order valence-electron chi connectivity index (χ3n) is 2.85. The maximum atomic E-state index is 12.1. The van der Waals surface area contributed by atoms with E-state index in [9.17, 15) is 4.79 Å².